The average Bonchev–Trinajstić information content (AvgIpc) is 2.16. The van der Waals surface area contributed by atoms with Crippen LogP contribution in [0.4, 0.5) is 0 Å². The highest BCUT2D eigenvalue weighted by Gasteiger charge is 2.32. The molecule has 0 aliphatic rings. The summed E-state index contributed by atoms with van der Waals surface area (Å²) < 4.78 is 28.5. The number of ether oxygens (including phenoxy) is 1. The summed E-state index contributed by atoms with van der Waals surface area (Å²) in [5.41, 5.74) is 0. The molecule has 0 aliphatic heterocycles. The third-order valence-electron chi connectivity index (χ3n) is 1.15. The summed E-state index contributed by atoms with van der Waals surface area (Å²) in [4.78, 5) is 21.9. The number of hydrogen-bond donors (Lipinski definition) is 0. The van der Waals surface area contributed by atoms with Crippen molar-refractivity contribution in [1.29, 1.82) is 0 Å². The molecule has 0 N–H and O–H groups in total. The minimum Gasteiger partial charge on any atom is -0.455 e. The van der Waals surface area contributed by atoms with Gasteiger partial charge in [0.1, 0.15) is 0 Å². The van der Waals surface area contributed by atoms with E-state index in [1.165, 1.54) is 0 Å². The Bertz CT molecular complexity index is 277. The molecule has 0 radical (unpaired) electrons. The van der Waals surface area contributed by atoms with Gasteiger partial charge >= 0.3 is 19.8 Å². The highest BCUT2D eigenvalue weighted by atomic mass is 31.2. The minimum absolute atomic E-state index is 0.477. The Hall–Kier alpha value is -0.910. The van der Waals surface area contributed by atoms with Crippen LogP contribution >= 0.6 is 7.82 Å². The van der Waals surface area contributed by atoms with Crippen molar-refractivity contribution in [2.75, 3.05) is 14.2 Å². The molecular weight excluding hydrogens is 227 g/mol. The normalized spacial score (nSPS) is 11.3. The highest BCUT2D eigenvalue weighted by Crippen LogP contribution is 2.47. The van der Waals surface area contributed by atoms with E-state index >= 15 is 0 Å². The molecule has 0 spiro atoms. The summed E-state index contributed by atoms with van der Waals surface area (Å²) in [6.45, 7) is 3.11. The molecular formula is C7H13O7P. The maximum atomic E-state index is 11.3. The third-order valence-corrected chi connectivity index (χ3v) is 2.44. The lowest BCUT2D eigenvalue weighted by Gasteiger charge is -2.12. The van der Waals surface area contributed by atoms with Crippen LogP contribution in [0.3, 0.4) is 0 Å². The molecule has 0 aliphatic carbocycles. The van der Waals surface area contributed by atoms with E-state index in [4.69, 9.17) is 0 Å². The molecule has 0 aromatic rings. The van der Waals surface area contributed by atoms with E-state index < -0.39 is 25.9 Å². The maximum Gasteiger partial charge on any atom is 0.532 e. The van der Waals surface area contributed by atoms with Crippen molar-refractivity contribution in [3.05, 3.63) is 0 Å². The van der Waals surface area contributed by atoms with E-state index in [-0.39, 0.29) is 0 Å². The van der Waals surface area contributed by atoms with Gasteiger partial charge in [-0.3, -0.25) is 9.05 Å². The Morgan fingerprint density at radius 3 is 1.87 bits per heavy atom. The lowest BCUT2D eigenvalue weighted by Crippen LogP contribution is -2.22. The van der Waals surface area contributed by atoms with Gasteiger partial charge in [0, 0.05) is 14.2 Å². The lowest BCUT2D eigenvalue weighted by molar-refractivity contribution is -0.165. The molecule has 0 aromatic heterocycles. The number of esters is 1. The molecule has 0 unspecified atom stereocenters. The number of phosphoric acid groups is 1. The Morgan fingerprint density at radius 2 is 1.53 bits per heavy atom. The second kappa shape index (κ2) is 5.85. The van der Waals surface area contributed by atoms with E-state index in [0.717, 1.165) is 14.2 Å². The molecule has 0 saturated heterocycles. The Morgan fingerprint density at radius 1 is 1.07 bits per heavy atom. The van der Waals surface area contributed by atoms with Crippen molar-refractivity contribution in [3.63, 3.8) is 0 Å². The first-order chi connectivity index (χ1) is 6.84. The van der Waals surface area contributed by atoms with Crippen LogP contribution in [0.1, 0.15) is 13.8 Å². The van der Waals surface area contributed by atoms with E-state index in [1.54, 1.807) is 13.8 Å². The zero-order valence-electron chi connectivity index (χ0n) is 8.88. The summed E-state index contributed by atoms with van der Waals surface area (Å²) >= 11 is 0. The first-order valence-electron chi connectivity index (χ1n) is 4.00. The molecule has 88 valence electrons. The van der Waals surface area contributed by atoms with E-state index in [0.29, 0.717) is 0 Å². The zero-order chi connectivity index (χ0) is 12.1. The molecule has 0 saturated carbocycles. The summed E-state index contributed by atoms with van der Waals surface area (Å²) in [6.07, 6.45) is -0.477. The van der Waals surface area contributed by atoms with Crippen LogP contribution in [0.15, 0.2) is 0 Å². The van der Waals surface area contributed by atoms with Gasteiger partial charge in [-0.1, -0.05) is 0 Å². The lowest BCUT2D eigenvalue weighted by atomic mass is 10.5. The van der Waals surface area contributed by atoms with Crippen molar-refractivity contribution in [2.24, 2.45) is 0 Å². The van der Waals surface area contributed by atoms with Gasteiger partial charge in [0.25, 0.3) is 0 Å². The molecule has 7 nitrogen and oxygen atoms in total. The standard InChI is InChI=1S/C7H13O7P/c1-5(2)13-6(8)7(9)14-15(10,11-3)12-4/h5H,1-4H3. The first-order valence-corrected chi connectivity index (χ1v) is 5.46. The van der Waals surface area contributed by atoms with Gasteiger partial charge in [0.15, 0.2) is 0 Å². The number of carbonyl (C=O) groups excluding carboxylic acids is 2. The monoisotopic (exact) mass is 240 g/mol. The number of hydrogen-bond acceptors (Lipinski definition) is 7. The largest absolute Gasteiger partial charge is 0.532 e. The fourth-order valence-corrected chi connectivity index (χ4v) is 1.13. The smallest absolute Gasteiger partial charge is 0.455 e. The zero-order valence-corrected chi connectivity index (χ0v) is 9.78. The van der Waals surface area contributed by atoms with E-state index in [2.05, 4.69) is 18.3 Å². The van der Waals surface area contributed by atoms with Gasteiger partial charge in [-0.25, -0.2) is 14.2 Å². The van der Waals surface area contributed by atoms with Gasteiger partial charge in [-0.2, -0.15) is 0 Å². The quantitative estimate of drug-likeness (QED) is 0.409. The Labute approximate surface area is 87.3 Å². The molecule has 0 bridgehead atoms. The van der Waals surface area contributed by atoms with Crippen LogP contribution in [-0.2, 0) is 32.5 Å². The number of phosphoric ester groups is 1. The van der Waals surface area contributed by atoms with Crippen molar-refractivity contribution in [1.82, 2.24) is 0 Å². The number of rotatable bonds is 4. The summed E-state index contributed by atoms with van der Waals surface area (Å²) in [6, 6.07) is 0. The fourth-order valence-electron chi connectivity index (χ4n) is 0.550. The van der Waals surface area contributed by atoms with Crippen LogP contribution in [0.5, 0.6) is 0 Å². The SMILES string of the molecule is COP(=O)(OC)OC(=O)C(=O)OC(C)C. The Kier molecular flexibility index (Phi) is 5.49. The third kappa shape index (κ3) is 4.92. The topological polar surface area (TPSA) is 88.1 Å². The summed E-state index contributed by atoms with van der Waals surface area (Å²) in [5, 5.41) is 0. The molecule has 0 atom stereocenters. The maximum absolute atomic E-state index is 11.3. The predicted molar refractivity (Wildman–Crippen MR) is 48.9 cm³/mol. The van der Waals surface area contributed by atoms with Gasteiger partial charge in [-0.05, 0) is 13.8 Å². The molecule has 0 fully saturated rings. The van der Waals surface area contributed by atoms with Crippen molar-refractivity contribution in [2.45, 2.75) is 20.0 Å². The summed E-state index contributed by atoms with van der Waals surface area (Å²) in [7, 11) is -1.95. The molecule has 0 rings (SSSR count). The first kappa shape index (κ1) is 14.1. The van der Waals surface area contributed by atoms with Crippen molar-refractivity contribution in [3.8, 4) is 0 Å². The van der Waals surface area contributed by atoms with Crippen LogP contribution < -0.4 is 0 Å². The highest BCUT2D eigenvalue weighted by molar-refractivity contribution is 7.49. The van der Waals surface area contributed by atoms with Crippen molar-refractivity contribution >= 4 is 19.8 Å². The van der Waals surface area contributed by atoms with Gasteiger partial charge in [-0.15, -0.1) is 0 Å². The molecule has 15 heavy (non-hydrogen) atoms. The van der Waals surface area contributed by atoms with E-state index in [1.807, 2.05) is 0 Å². The van der Waals surface area contributed by atoms with Crippen LogP contribution in [0.25, 0.3) is 0 Å². The van der Waals surface area contributed by atoms with Crippen LogP contribution in [-0.4, -0.2) is 32.3 Å². The molecule has 0 amide bonds. The minimum atomic E-state index is -3.98. The summed E-state index contributed by atoms with van der Waals surface area (Å²) in [5.74, 6) is -2.67. The van der Waals surface area contributed by atoms with Gasteiger partial charge in [0.2, 0.25) is 0 Å². The predicted octanol–water partition coefficient (Wildman–Crippen LogP) is 0.882. The fraction of sp³-hybridized carbons (Fsp3) is 0.714. The molecule has 0 aromatic carbocycles. The van der Waals surface area contributed by atoms with Crippen LogP contribution in [0.2, 0.25) is 0 Å². The average molecular weight is 240 g/mol. The molecule has 8 heteroatoms. The van der Waals surface area contributed by atoms with E-state index in [9.17, 15) is 14.2 Å². The van der Waals surface area contributed by atoms with Gasteiger partial charge < -0.3 is 9.26 Å². The second-order valence-corrected chi connectivity index (χ2v) is 4.45. The van der Waals surface area contributed by atoms with Crippen LogP contribution in [0, 0.1) is 0 Å². The number of carbonyl (C=O) groups is 2. The second-order valence-electron chi connectivity index (χ2n) is 2.65. The van der Waals surface area contributed by atoms with Gasteiger partial charge in [0.05, 0.1) is 6.10 Å². The molecule has 0 heterocycles. The Balaban J connectivity index is 4.36. The van der Waals surface area contributed by atoms with Crippen molar-refractivity contribution < 1.29 is 32.5 Å².